The van der Waals surface area contributed by atoms with E-state index in [0.717, 1.165) is 11.1 Å². The Hall–Kier alpha value is -3.21. The maximum absolute atomic E-state index is 13.8. The van der Waals surface area contributed by atoms with Crippen LogP contribution < -0.4 is 10.6 Å². The summed E-state index contributed by atoms with van der Waals surface area (Å²) >= 11 is 35.8. The first kappa shape index (κ1) is 56.1. The second-order valence-corrected chi connectivity index (χ2v) is 21.0. The molecule has 70 heavy (non-hydrogen) atoms. The molecule has 3 aliphatic heterocycles. The van der Waals surface area contributed by atoms with Crippen molar-refractivity contribution >= 4 is 87.8 Å². The Bertz CT molecular complexity index is 2090. The molecule has 23 heteroatoms. The van der Waals surface area contributed by atoms with E-state index in [1.807, 2.05) is 91.0 Å². The first-order valence-corrected chi connectivity index (χ1v) is 24.4. The molecule has 3 saturated heterocycles. The van der Waals surface area contributed by atoms with Crippen LogP contribution >= 0.6 is 69.6 Å². The van der Waals surface area contributed by atoms with Crippen LogP contribution in [0, 0.1) is 0 Å². The van der Waals surface area contributed by atoms with Crippen LogP contribution in [0.15, 0.2) is 104 Å². The van der Waals surface area contributed by atoms with Crippen molar-refractivity contribution in [2.45, 2.75) is 108 Å². The van der Waals surface area contributed by atoms with Gasteiger partial charge in [-0.05, 0) is 25.0 Å². The minimum atomic E-state index is -1.98. The van der Waals surface area contributed by atoms with Crippen molar-refractivity contribution in [3.63, 3.8) is 0 Å². The zero-order valence-corrected chi connectivity index (χ0v) is 42.5. The average Bonchev–Trinajstić information content (AvgIpc) is 3.34. The predicted octanol–water partition coefficient (Wildman–Crippen LogP) is 8.21. The zero-order chi connectivity index (χ0) is 50.3. The number of carbonyl (C=O) groups is 3. The van der Waals surface area contributed by atoms with E-state index in [1.54, 1.807) is 6.92 Å². The van der Waals surface area contributed by atoms with Crippen LogP contribution in [0.25, 0.3) is 0 Å². The van der Waals surface area contributed by atoms with Gasteiger partial charge in [0, 0.05) is 5.56 Å². The maximum atomic E-state index is 13.8. The molecule has 3 fully saturated rings. The minimum absolute atomic E-state index is 0.0200. The fraction of sp³-hybridized carbons (Fsp3) is 0.511. The largest absolute Gasteiger partial charge is 0.464 e. The van der Waals surface area contributed by atoms with Gasteiger partial charge in [-0.2, -0.15) is 0 Å². The highest BCUT2D eigenvalue weighted by atomic mass is 35.6. The van der Waals surface area contributed by atoms with Crippen molar-refractivity contribution in [1.82, 2.24) is 10.6 Å². The van der Waals surface area contributed by atoms with Gasteiger partial charge in [0.1, 0.15) is 61.9 Å². The molecule has 3 aromatic carbocycles. The standard InChI is InChI=1S/C47H54Cl6N2O15/c1-4-21-61-42-35(55-45(58)65-27-47(51,52)53)39(66-28(3)40(56)60-5-2)37(32(67-42)24-59-22-29-15-9-6-10-16-29)70-43-34(54-44(57)64-26-46(48,49)50)38(62-23-30-17-11-7-12-18-30)36-33(68-43)25-63-41(69-36)31-19-13-8-14-20-31/h4,6-20,28,32-39,41-43H,1,5,21-27H2,2-3H3,(H,54,57)(H,55,58)/t28?,32-,33-,34-,35-,36-,37-,38-,39-,41-,42+,43+/m1/s1. The number of fused-ring (bicyclic) bond motifs is 1. The third kappa shape index (κ3) is 17.2. The third-order valence-electron chi connectivity index (χ3n) is 10.7. The first-order valence-electron chi connectivity index (χ1n) is 22.1. The fourth-order valence-corrected chi connectivity index (χ4v) is 7.96. The number of benzene rings is 3. The van der Waals surface area contributed by atoms with E-state index in [0.29, 0.717) is 5.56 Å². The Labute approximate surface area is 435 Å². The molecule has 6 rings (SSSR count). The molecule has 17 nitrogen and oxygen atoms in total. The van der Waals surface area contributed by atoms with Gasteiger partial charge in [-0.1, -0.05) is 167 Å². The molecule has 3 aromatic rings. The summed E-state index contributed by atoms with van der Waals surface area (Å²) in [5, 5.41) is 5.48. The Morgan fingerprint density at radius 1 is 0.729 bits per heavy atom. The van der Waals surface area contributed by atoms with Crippen molar-refractivity contribution in [2.75, 3.05) is 39.6 Å². The van der Waals surface area contributed by atoms with Crippen LogP contribution in [0.4, 0.5) is 9.59 Å². The maximum Gasteiger partial charge on any atom is 0.407 e. The fourth-order valence-electron chi connectivity index (χ4n) is 7.63. The Kier molecular flexibility index (Phi) is 21.8. The van der Waals surface area contributed by atoms with Gasteiger partial charge in [0.15, 0.2) is 25.0 Å². The smallest absolute Gasteiger partial charge is 0.407 e. The van der Waals surface area contributed by atoms with E-state index in [1.165, 1.54) is 13.0 Å². The van der Waals surface area contributed by atoms with Crippen LogP contribution in [-0.2, 0) is 74.9 Å². The number of alkyl halides is 6. The number of amides is 2. The normalized spacial score (nSPS) is 27.3. The topological polar surface area (TPSA) is 186 Å². The van der Waals surface area contributed by atoms with Crippen LogP contribution in [0.1, 0.15) is 36.8 Å². The van der Waals surface area contributed by atoms with Crippen LogP contribution in [-0.4, -0.2) is 133 Å². The summed E-state index contributed by atoms with van der Waals surface area (Å²) in [5.41, 5.74) is 2.32. The number of nitrogens with one attached hydrogen (secondary N) is 2. The lowest BCUT2D eigenvalue weighted by atomic mass is 9.93. The molecule has 384 valence electrons. The van der Waals surface area contributed by atoms with Crippen LogP contribution in [0.2, 0.25) is 0 Å². The lowest BCUT2D eigenvalue weighted by molar-refractivity contribution is -0.371. The average molecular weight is 1100 g/mol. The summed E-state index contributed by atoms with van der Waals surface area (Å²) in [6.07, 6.45) is -12.6. The van der Waals surface area contributed by atoms with E-state index in [9.17, 15) is 14.4 Å². The number of hydrogen-bond acceptors (Lipinski definition) is 15. The molecule has 0 saturated carbocycles. The summed E-state index contributed by atoms with van der Waals surface area (Å²) in [7, 11) is 0. The summed E-state index contributed by atoms with van der Waals surface area (Å²) in [4.78, 5) is 40.7. The molecule has 1 unspecified atom stereocenters. The van der Waals surface area contributed by atoms with Gasteiger partial charge in [0.2, 0.25) is 7.59 Å². The van der Waals surface area contributed by atoms with Crippen molar-refractivity contribution in [3.8, 4) is 0 Å². The van der Waals surface area contributed by atoms with Gasteiger partial charge < -0.3 is 67.5 Å². The lowest BCUT2D eigenvalue weighted by Gasteiger charge is -2.52. The molecule has 0 radical (unpaired) electrons. The zero-order valence-electron chi connectivity index (χ0n) is 37.9. The summed E-state index contributed by atoms with van der Waals surface area (Å²) < 4.78 is 70.8. The molecule has 0 bridgehead atoms. The number of esters is 1. The number of rotatable bonds is 21. The second kappa shape index (κ2) is 27.2. The van der Waals surface area contributed by atoms with Crippen LogP contribution in [0.5, 0.6) is 0 Å². The van der Waals surface area contributed by atoms with Gasteiger partial charge in [-0.15, -0.1) is 6.58 Å². The molecule has 12 atom stereocenters. The molecular formula is C47H54Cl6N2O15. The van der Waals surface area contributed by atoms with Crippen molar-refractivity contribution in [3.05, 3.63) is 120 Å². The molecule has 3 heterocycles. The first-order chi connectivity index (χ1) is 33.5. The van der Waals surface area contributed by atoms with E-state index >= 15 is 0 Å². The molecule has 0 spiro atoms. The predicted molar refractivity (Wildman–Crippen MR) is 258 cm³/mol. The van der Waals surface area contributed by atoms with Gasteiger partial charge in [-0.3, -0.25) is 0 Å². The quantitative estimate of drug-likeness (QED) is 0.0450. The highest BCUT2D eigenvalue weighted by Crippen LogP contribution is 2.39. The van der Waals surface area contributed by atoms with Crippen molar-refractivity contribution in [2.24, 2.45) is 0 Å². The molecule has 0 aromatic heterocycles. The Balaban J connectivity index is 1.44. The van der Waals surface area contributed by atoms with Gasteiger partial charge >= 0.3 is 18.2 Å². The van der Waals surface area contributed by atoms with Gasteiger partial charge in [0.05, 0.1) is 39.6 Å². The number of hydrogen-bond donors (Lipinski definition) is 2. The number of halogens is 6. The monoisotopic (exact) mass is 1100 g/mol. The molecular weight excluding hydrogens is 1050 g/mol. The van der Waals surface area contributed by atoms with E-state index in [4.69, 9.17) is 126 Å². The van der Waals surface area contributed by atoms with Crippen LogP contribution in [0.3, 0.4) is 0 Å². The third-order valence-corrected chi connectivity index (χ3v) is 11.3. The summed E-state index contributed by atoms with van der Waals surface area (Å²) in [6.45, 7) is 5.37. The van der Waals surface area contributed by atoms with Crippen molar-refractivity contribution < 1.29 is 71.2 Å². The minimum Gasteiger partial charge on any atom is -0.464 e. The van der Waals surface area contributed by atoms with Gasteiger partial charge in [0.25, 0.3) is 0 Å². The Morgan fingerprint density at radius 3 is 1.87 bits per heavy atom. The summed E-state index contributed by atoms with van der Waals surface area (Å²) in [5.74, 6) is -0.752. The highest BCUT2D eigenvalue weighted by molar-refractivity contribution is 6.68. The highest BCUT2D eigenvalue weighted by Gasteiger charge is 2.56. The summed E-state index contributed by atoms with van der Waals surface area (Å²) in [6, 6.07) is 25.1. The molecule has 0 aliphatic carbocycles. The molecule has 2 N–H and O–H groups in total. The molecule has 3 aliphatic rings. The molecule has 2 amide bonds. The second-order valence-electron chi connectivity index (χ2n) is 16.0. The number of alkyl carbamates (subject to hydrolysis) is 2. The Morgan fingerprint density at radius 2 is 1.30 bits per heavy atom. The SMILES string of the molecule is C=CCO[C@H]1O[C@H](COCc2ccccc2)[C@@H](O[C@@H]2O[C@@H]3CO[C@@H](c4ccccc4)O[C@H]3[C@H](OCc3ccccc3)[C@H]2NC(=O)OCC(Cl)(Cl)Cl)[C@H](OC(C)C(=O)OCC)[C@H]1NC(=O)OCC(Cl)(Cl)Cl. The van der Waals surface area contributed by atoms with Crippen molar-refractivity contribution in [1.29, 1.82) is 0 Å². The van der Waals surface area contributed by atoms with E-state index in [-0.39, 0.29) is 39.6 Å². The van der Waals surface area contributed by atoms with E-state index < -0.39 is 113 Å². The van der Waals surface area contributed by atoms with Gasteiger partial charge in [-0.25, -0.2) is 14.4 Å². The van der Waals surface area contributed by atoms with E-state index in [2.05, 4.69) is 17.2 Å². The lowest BCUT2D eigenvalue weighted by Crippen LogP contribution is -2.71. The number of ether oxygens (including phenoxy) is 12. The number of carbonyl (C=O) groups excluding carboxylic acids is 3.